The van der Waals surface area contributed by atoms with Crippen LogP contribution < -0.4 is 5.30 Å². The standard InChI is InChI=1S/C16H25O2P/c1-3-5-11-19(12-6-4-2)15-10-8-7-9-14(15)13-16(17)18/h7-10H,3-6,11-13H2,1-2H3,(H,17,18). The Balaban J connectivity index is 2.88. The fourth-order valence-electron chi connectivity index (χ4n) is 2.18. The van der Waals surface area contributed by atoms with Gasteiger partial charge in [-0.15, -0.1) is 0 Å². The second kappa shape index (κ2) is 9.09. The summed E-state index contributed by atoms with van der Waals surface area (Å²) >= 11 is 0. The van der Waals surface area contributed by atoms with E-state index in [0.29, 0.717) is 0 Å². The number of hydrogen-bond acceptors (Lipinski definition) is 1. The number of aliphatic carboxylic acids is 1. The lowest BCUT2D eigenvalue weighted by atomic mass is 10.1. The molecule has 0 saturated heterocycles. The number of rotatable bonds is 9. The molecular formula is C16H25O2P. The van der Waals surface area contributed by atoms with Crippen LogP contribution in [0.15, 0.2) is 24.3 Å². The molecule has 1 rings (SSSR count). The molecule has 19 heavy (non-hydrogen) atoms. The summed E-state index contributed by atoms with van der Waals surface area (Å²) in [5.74, 6) is -0.728. The number of hydrogen-bond donors (Lipinski definition) is 1. The Labute approximate surface area is 118 Å². The fraction of sp³-hybridized carbons (Fsp3) is 0.562. The molecule has 0 aromatic heterocycles. The van der Waals surface area contributed by atoms with Crippen LogP contribution in [-0.2, 0) is 11.2 Å². The van der Waals surface area contributed by atoms with E-state index in [1.807, 2.05) is 18.2 Å². The molecule has 0 heterocycles. The highest BCUT2D eigenvalue weighted by atomic mass is 31.1. The average Bonchev–Trinajstić information content (AvgIpc) is 2.39. The van der Waals surface area contributed by atoms with Crippen LogP contribution in [0.5, 0.6) is 0 Å². The molecule has 0 saturated carbocycles. The lowest BCUT2D eigenvalue weighted by Crippen LogP contribution is -2.15. The van der Waals surface area contributed by atoms with Crippen LogP contribution in [0.4, 0.5) is 0 Å². The van der Waals surface area contributed by atoms with Gasteiger partial charge in [0.1, 0.15) is 0 Å². The molecule has 3 heteroatoms. The molecule has 0 bridgehead atoms. The number of carboxylic acid groups (broad SMARTS) is 1. The monoisotopic (exact) mass is 280 g/mol. The highest BCUT2D eigenvalue weighted by molar-refractivity contribution is 7.65. The third-order valence-electron chi connectivity index (χ3n) is 3.24. The van der Waals surface area contributed by atoms with E-state index in [1.54, 1.807) is 0 Å². The van der Waals surface area contributed by atoms with E-state index >= 15 is 0 Å². The lowest BCUT2D eigenvalue weighted by molar-refractivity contribution is -0.136. The van der Waals surface area contributed by atoms with Crippen molar-refractivity contribution in [3.05, 3.63) is 29.8 Å². The Morgan fingerprint density at radius 3 is 2.21 bits per heavy atom. The maximum absolute atomic E-state index is 11.0. The number of benzene rings is 1. The summed E-state index contributed by atoms with van der Waals surface area (Å²) in [6.45, 7) is 4.44. The molecular weight excluding hydrogens is 255 g/mol. The largest absolute Gasteiger partial charge is 0.481 e. The quantitative estimate of drug-likeness (QED) is 0.694. The third-order valence-corrected chi connectivity index (χ3v) is 6.07. The van der Waals surface area contributed by atoms with Crippen LogP contribution in [0.1, 0.15) is 45.1 Å². The number of carbonyl (C=O) groups is 1. The first kappa shape index (κ1) is 16.2. The Morgan fingerprint density at radius 1 is 1.11 bits per heavy atom. The number of unbranched alkanes of at least 4 members (excludes halogenated alkanes) is 2. The molecule has 0 unspecified atom stereocenters. The van der Waals surface area contributed by atoms with E-state index in [1.165, 1.54) is 43.3 Å². The zero-order chi connectivity index (χ0) is 14.1. The van der Waals surface area contributed by atoms with Gasteiger partial charge in [-0.25, -0.2) is 0 Å². The van der Waals surface area contributed by atoms with Crippen LogP contribution in [-0.4, -0.2) is 23.4 Å². The van der Waals surface area contributed by atoms with Crippen molar-refractivity contribution in [2.75, 3.05) is 12.3 Å². The minimum atomic E-state index is -0.728. The van der Waals surface area contributed by atoms with Gasteiger partial charge in [0.2, 0.25) is 0 Å². The molecule has 1 N–H and O–H groups in total. The average molecular weight is 280 g/mol. The maximum atomic E-state index is 11.0. The summed E-state index contributed by atoms with van der Waals surface area (Å²) in [7, 11) is -0.182. The van der Waals surface area contributed by atoms with Gasteiger partial charge < -0.3 is 5.11 Å². The highest BCUT2D eigenvalue weighted by Crippen LogP contribution is 2.38. The second-order valence-electron chi connectivity index (χ2n) is 4.89. The third kappa shape index (κ3) is 5.74. The molecule has 0 aliphatic heterocycles. The Bertz CT molecular complexity index is 382. The molecule has 0 radical (unpaired) electrons. The summed E-state index contributed by atoms with van der Waals surface area (Å²) in [6.07, 6.45) is 7.56. The molecule has 2 nitrogen and oxygen atoms in total. The van der Waals surface area contributed by atoms with Gasteiger partial charge in [0, 0.05) is 0 Å². The first-order valence-corrected chi connectivity index (χ1v) is 8.94. The molecule has 0 spiro atoms. The summed E-state index contributed by atoms with van der Waals surface area (Å²) in [6, 6.07) is 8.13. The molecule has 1 aromatic carbocycles. The van der Waals surface area contributed by atoms with Crippen molar-refractivity contribution in [3.8, 4) is 0 Å². The van der Waals surface area contributed by atoms with Crippen molar-refractivity contribution >= 4 is 19.2 Å². The summed E-state index contributed by atoms with van der Waals surface area (Å²) < 4.78 is 0. The van der Waals surface area contributed by atoms with Gasteiger partial charge in [0.15, 0.2) is 0 Å². The van der Waals surface area contributed by atoms with Crippen molar-refractivity contribution in [1.82, 2.24) is 0 Å². The zero-order valence-corrected chi connectivity index (χ0v) is 13.0. The highest BCUT2D eigenvalue weighted by Gasteiger charge is 2.15. The van der Waals surface area contributed by atoms with Gasteiger partial charge in [-0.2, -0.15) is 0 Å². The molecule has 106 valence electrons. The Kier molecular flexibility index (Phi) is 7.74. The SMILES string of the molecule is CCCCP(CCCC)c1ccccc1CC(=O)O. The summed E-state index contributed by atoms with van der Waals surface area (Å²) in [4.78, 5) is 11.0. The Hall–Kier alpha value is -0.880. The Morgan fingerprint density at radius 2 is 1.68 bits per heavy atom. The van der Waals surface area contributed by atoms with Crippen LogP contribution in [0.2, 0.25) is 0 Å². The summed E-state index contributed by atoms with van der Waals surface area (Å²) in [5.41, 5.74) is 1.02. The van der Waals surface area contributed by atoms with Gasteiger partial charge in [0.05, 0.1) is 6.42 Å². The fourth-order valence-corrected chi connectivity index (χ4v) is 5.14. The van der Waals surface area contributed by atoms with Gasteiger partial charge in [-0.3, -0.25) is 4.79 Å². The summed E-state index contributed by atoms with van der Waals surface area (Å²) in [5, 5.41) is 10.4. The topological polar surface area (TPSA) is 37.3 Å². The first-order valence-electron chi connectivity index (χ1n) is 7.23. The molecule has 0 fully saturated rings. The van der Waals surface area contributed by atoms with Crippen LogP contribution >= 0.6 is 7.92 Å². The minimum Gasteiger partial charge on any atom is -0.481 e. The molecule has 1 aromatic rings. The second-order valence-corrected chi connectivity index (χ2v) is 7.35. The smallest absolute Gasteiger partial charge is 0.307 e. The minimum absolute atomic E-state index is 0.160. The maximum Gasteiger partial charge on any atom is 0.307 e. The molecule has 0 aliphatic rings. The van der Waals surface area contributed by atoms with E-state index in [9.17, 15) is 4.79 Å². The van der Waals surface area contributed by atoms with Crippen LogP contribution in [0.25, 0.3) is 0 Å². The van der Waals surface area contributed by atoms with Gasteiger partial charge in [-0.1, -0.05) is 58.9 Å². The van der Waals surface area contributed by atoms with Gasteiger partial charge in [-0.05, 0) is 36.0 Å². The van der Waals surface area contributed by atoms with Crippen molar-refractivity contribution in [1.29, 1.82) is 0 Å². The zero-order valence-electron chi connectivity index (χ0n) is 12.1. The van der Waals surface area contributed by atoms with Gasteiger partial charge in [0.25, 0.3) is 0 Å². The van der Waals surface area contributed by atoms with E-state index in [0.717, 1.165) is 5.56 Å². The lowest BCUT2D eigenvalue weighted by Gasteiger charge is -2.20. The first-order chi connectivity index (χ1) is 9.19. The van der Waals surface area contributed by atoms with Crippen LogP contribution in [0.3, 0.4) is 0 Å². The van der Waals surface area contributed by atoms with Crippen molar-refractivity contribution < 1.29 is 9.90 Å². The van der Waals surface area contributed by atoms with Crippen molar-refractivity contribution in [2.45, 2.75) is 46.0 Å². The van der Waals surface area contributed by atoms with E-state index in [4.69, 9.17) is 5.11 Å². The normalized spacial score (nSPS) is 10.9. The van der Waals surface area contributed by atoms with E-state index in [-0.39, 0.29) is 14.3 Å². The number of carboxylic acids is 1. The van der Waals surface area contributed by atoms with Gasteiger partial charge >= 0.3 is 5.97 Å². The van der Waals surface area contributed by atoms with E-state index in [2.05, 4.69) is 19.9 Å². The molecule has 0 aliphatic carbocycles. The van der Waals surface area contributed by atoms with Crippen molar-refractivity contribution in [3.63, 3.8) is 0 Å². The predicted octanol–water partition coefficient (Wildman–Crippen LogP) is 4.02. The predicted molar refractivity (Wildman–Crippen MR) is 83.9 cm³/mol. The van der Waals surface area contributed by atoms with Crippen molar-refractivity contribution in [2.24, 2.45) is 0 Å². The molecule has 0 amide bonds. The van der Waals surface area contributed by atoms with E-state index < -0.39 is 5.97 Å². The van der Waals surface area contributed by atoms with Crippen LogP contribution in [0, 0.1) is 0 Å². The molecule has 0 atom stereocenters.